The Hall–Kier alpha value is -0.900. The van der Waals surface area contributed by atoms with Crippen molar-refractivity contribution in [2.24, 2.45) is 5.92 Å². The van der Waals surface area contributed by atoms with Gasteiger partial charge in [0.15, 0.2) is 0 Å². The maximum atomic E-state index is 5.84. The molecule has 0 bridgehead atoms. The van der Waals surface area contributed by atoms with Gasteiger partial charge in [0.05, 0.1) is 19.3 Å². The Morgan fingerprint density at radius 2 is 2.10 bits per heavy atom. The van der Waals surface area contributed by atoms with Crippen LogP contribution >= 0.6 is 0 Å². The Balaban J connectivity index is 1.73. The van der Waals surface area contributed by atoms with E-state index in [1.807, 2.05) is 0 Å². The predicted molar refractivity (Wildman–Crippen MR) is 86.5 cm³/mol. The lowest BCUT2D eigenvalue weighted by Gasteiger charge is -2.13. The third-order valence-corrected chi connectivity index (χ3v) is 3.83. The molecule has 1 aliphatic heterocycles. The summed E-state index contributed by atoms with van der Waals surface area (Å²) in [4.78, 5) is 0. The smallest absolute Gasteiger partial charge is 0.0809 e. The Morgan fingerprint density at radius 3 is 2.81 bits per heavy atom. The predicted octanol–water partition coefficient (Wildman–Crippen LogP) is 3.17. The summed E-state index contributed by atoms with van der Waals surface area (Å²) in [6, 6.07) is 8.59. The standard InChI is InChI=1S/C18H29NO2/c1-15(2)12-19-10-9-16-6-3-4-7-17(16)13-20-14-18-8-5-11-21-18/h3-4,6-7,15,18-19H,5,8-14H2,1-2H3. The van der Waals surface area contributed by atoms with Gasteiger partial charge in [-0.05, 0) is 49.4 Å². The minimum atomic E-state index is 0.310. The lowest BCUT2D eigenvalue weighted by Crippen LogP contribution is -2.22. The van der Waals surface area contributed by atoms with E-state index in [1.165, 1.54) is 17.5 Å². The Bertz CT molecular complexity index is 400. The number of hydrogen-bond acceptors (Lipinski definition) is 3. The highest BCUT2D eigenvalue weighted by atomic mass is 16.5. The van der Waals surface area contributed by atoms with Crippen molar-refractivity contribution in [1.82, 2.24) is 5.32 Å². The van der Waals surface area contributed by atoms with Crippen LogP contribution in [0.25, 0.3) is 0 Å². The summed E-state index contributed by atoms with van der Waals surface area (Å²) < 4.78 is 11.4. The quantitative estimate of drug-likeness (QED) is 0.709. The molecule has 118 valence electrons. The number of ether oxygens (including phenoxy) is 2. The Kier molecular flexibility index (Phi) is 7.20. The van der Waals surface area contributed by atoms with Crippen LogP contribution in [-0.2, 0) is 22.5 Å². The van der Waals surface area contributed by atoms with Crippen LogP contribution < -0.4 is 5.32 Å². The molecule has 0 aliphatic carbocycles. The molecule has 0 aromatic heterocycles. The van der Waals surface area contributed by atoms with Gasteiger partial charge in [0.25, 0.3) is 0 Å². The highest BCUT2D eigenvalue weighted by Gasteiger charge is 2.15. The minimum Gasteiger partial charge on any atom is -0.376 e. The summed E-state index contributed by atoms with van der Waals surface area (Å²) in [7, 11) is 0. The van der Waals surface area contributed by atoms with Crippen LogP contribution in [0.4, 0.5) is 0 Å². The van der Waals surface area contributed by atoms with E-state index in [1.54, 1.807) is 0 Å². The molecule has 1 N–H and O–H groups in total. The van der Waals surface area contributed by atoms with Crippen molar-refractivity contribution in [2.45, 2.75) is 45.8 Å². The molecule has 0 radical (unpaired) electrons. The van der Waals surface area contributed by atoms with Crippen LogP contribution in [0.1, 0.15) is 37.8 Å². The van der Waals surface area contributed by atoms with Gasteiger partial charge in [0.2, 0.25) is 0 Å². The fourth-order valence-electron chi connectivity index (χ4n) is 2.63. The van der Waals surface area contributed by atoms with Gasteiger partial charge in [-0.1, -0.05) is 38.1 Å². The van der Waals surface area contributed by atoms with Crippen molar-refractivity contribution in [3.63, 3.8) is 0 Å². The molecule has 1 atom stereocenters. The molecule has 1 heterocycles. The Morgan fingerprint density at radius 1 is 1.29 bits per heavy atom. The molecular formula is C18H29NO2. The van der Waals surface area contributed by atoms with E-state index < -0.39 is 0 Å². The molecule has 1 fully saturated rings. The first-order chi connectivity index (χ1) is 10.3. The highest BCUT2D eigenvalue weighted by Crippen LogP contribution is 2.15. The third kappa shape index (κ3) is 6.16. The van der Waals surface area contributed by atoms with Crippen LogP contribution in [0.15, 0.2) is 24.3 Å². The zero-order valence-electron chi connectivity index (χ0n) is 13.4. The summed E-state index contributed by atoms with van der Waals surface area (Å²) in [6.45, 7) is 8.89. The molecule has 0 saturated carbocycles. The summed E-state index contributed by atoms with van der Waals surface area (Å²) in [6.07, 6.45) is 3.68. The average Bonchev–Trinajstić information content (AvgIpc) is 2.98. The molecule has 1 saturated heterocycles. The number of rotatable bonds is 9. The molecule has 1 unspecified atom stereocenters. The number of nitrogens with one attached hydrogen (secondary N) is 1. The summed E-state index contributed by atoms with van der Waals surface area (Å²) in [5.74, 6) is 0.704. The zero-order chi connectivity index (χ0) is 14.9. The van der Waals surface area contributed by atoms with E-state index in [0.717, 1.165) is 39.1 Å². The lowest BCUT2D eigenvalue weighted by atomic mass is 10.1. The van der Waals surface area contributed by atoms with E-state index in [4.69, 9.17) is 9.47 Å². The van der Waals surface area contributed by atoms with Crippen molar-refractivity contribution in [1.29, 1.82) is 0 Å². The van der Waals surface area contributed by atoms with Crippen LogP contribution in [0.2, 0.25) is 0 Å². The molecule has 21 heavy (non-hydrogen) atoms. The van der Waals surface area contributed by atoms with Crippen molar-refractivity contribution >= 4 is 0 Å². The fourth-order valence-corrected chi connectivity index (χ4v) is 2.63. The van der Waals surface area contributed by atoms with Gasteiger partial charge in [0.1, 0.15) is 0 Å². The SMILES string of the molecule is CC(C)CNCCc1ccccc1COCC1CCCO1. The second kappa shape index (κ2) is 9.19. The van der Waals surface area contributed by atoms with Crippen LogP contribution in [0, 0.1) is 5.92 Å². The van der Waals surface area contributed by atoms with Crippen LogP contribution in [-0.4, -0.2) is 32.4 Å². The molecule has 0 amide bonds. The Labute approximate surface area is 129 Å². The van der Waals surface area contributed by atoms with E-state index in [-0.39, 0.29) is 0 Å². The lowest BCUT2D eigenvalue weighted by molar-refractivity contribution is 0.0104. The maximum absolute atomic E-state index is 5.84. The van der Waals surface area contributed by atoms with Gasteiger partial charge in [-0.2, -0.15) is 0 Å². The molecule has 3 heteroatoms. The minimum absolute atomic E-state index is 0.310. The molecule has 1 aliphatic rings. The monoisotopic (exact) mass is 291 g/mol. The average molecular weight is 291 g/mol. The van der Waals surface area contributed by atoms with Crippen molar-refractivity contribution in [3.05, 3.63) is 35.4 Å². The van der Waals surface area contributed by atoms with Gasteiger partial charge in [0, 0.05) is 6.61 Å². The second-order valence-corrected chi connectivity index (χ2v) is 6.27. The molecular weight excluding hydrogens is 262 g/mol. The zero-order valence-corrected chi connectivity index (χ0v) is 13.4. The summed E-state index contributed by atoms with van der Waals surface area (Å²) in [5, 5.41) is 3.50. The molecule has 1 aromatic carbocycles. The maximum Gasteiger partial charge on any atom is 0.0809 e. The largest absolute Gasteiger partial charge is 0.376 e. The van der Waals surface area contributed by atoms with Gasteiger partial charge in [-0.15, -0.1) is 0 Å². The molecule has 3 nitrogen and oxygen atoms in total. The first kappa shape index (κ1) is 16.5. The number of hydrogen-bond donors (Lipinski definition) is 1. The molecule has 0 spiro atoms. The van der Waals surface area contributed by atoms with Crippen molar-refractivity contribution in [2.75, 3.05) is 26.3 Å². The van der Waals surface area contributed by atoms with Gasteiger partial charge in [-0.3, -0.25) is 0 Å². The van der Waals surface area contributed by atoms with Crippen molar-refractivity contribution < 1.29 is 9.47 Å². The van der Waals surface area contributed by atoms with Gasteiger partial charge in [-0.25, -0.2) is 0 Å². The highest BCUT2D eigenvalue weighted by molar-refractivity contribution is 5.26. The van der Waals surface area contributed by atoms with Gasteiger partial charge < -0.3 is 14.8 Å². The molecule has 2 rings (SSSR count). The summed E-state index contributed by atoms with van der Waals surface area (Å²) in [5.41, 5.74) is 2.70. The van der Waals surface area contributed by atoms with Crippen molar-refractivity contribution in [3.8, 4) is 0 Å². The first-order valence-electron chi connectivity index (χ1n) is 8.22. The van der Waals surface area contributed by atoms with E-state index in [2.05, 4.69) is 43.4 Å². The summed E-state index contributed by atoms with van der Waals surface area (Å²) >= 11 is 0. The van der Waals surface area contributed by atoms with E-state index in [9.17, 15) is 0 Å². The van der Waals surface area contributed by atoms with Crippen LogP contribution in [0.3, 0.4) is 0 Å². The van der Waals surface area contributed by atoms with Crippen LogP contribution in [0.5, 0.6) is 0 Å². The van der Waals surface area contributed by atoms with E-state index in [0.29, 0.717) is 18.6 Å². The van der Waals surface area contributed by atoms with Gasteiger partial charge >= 0.3 is 0 Å². The normalized spacial score (nSPS) is 18.5. The van der Waals surface area contributed by atoms with E-state index >= 15 is 0 Å². The second-order valence-electron chi connectivity index (χ2n) is 6.27. The third-order valence-electron chi connectivity index (χ3n) is 3.83. The number of benzene rings is 1. The fraction of sp³-hybridized carbons (Fsp3) is 0.667. The topological polar surface area (TPSA) is 30.5 Å². The first-order valence-corrected chi connectivity index (χ1v) is 8.22. The molecule has 1 aromatic rings.